The molecule has 122 valence electrons. The zero-order chi connectivity index (χ0) is 16.4. The normalized spacial score (nSPS) is 15.0. The summed E-state index contributed by atoms with van der Waals surface area (Å²) in [6.07, 6.45) is 2.54. The zero-order valence-electron chi connectivity index (χ0n) is 13.0. The van der Waals surface area contributed by atoms with Crippen molar-refractivity contribution in [2.24, 2.45) is 4.99 Å². The molecule has 2 aromatic rings. The molecule has 1 aliphatic rings. The van der Waals surface area contributed by atoms with Gasteiger partial charge in [0.15, 0.2) is 15.5 Å². The highest BCUT2D eigenvalue weighted by Gasteiger charge is 2.15. The Bertz CT molecular complexity index is 795. The molecule has 0 fully saturated rings. The van der Waals surface area contributed by atoms with Gasteiger partial charge in [0.1, 0.15) is 18.1 Å². The maximum absolute atomic E-state index is 10.4. The monoisotopic (exact) mass is 350 g/mol. The average molecular weight is 350 g/mol. The molecular formula is C16H18N2O3S2. The Labute approximate surface area is 143 Å². The largest absolute Gasteiger partial charge is 0.493 e. The quantitative estimate of drug-likeness (QED) is 0.652. The van der Waals surface area contributed by atoms with Crippen molar-refractivity contribution in [3.05, 3.63) is 27.0 Å². The molecule has 0 saturated carbocycles. The molecule has 1 aliphatic heterocycles. The van der Waals surface area contributed by atoms with Gasteiger partial charge in [-0.05, 0) is 37.7 Å². The minimum Gasteiger partial charge on any atom is -0.493 e. The molecule has 0 aliphatic carbocycles. The first-order valence-electron chi connectivity index (χ1n) is 7.48. The minimum atomic E-state index is 0.162. The van der Waals surface area contributed by atoms with E-state index in [9.17, 15) is 5.11 Å². The number of hydrogen-bond acceptors (Lipinski definition) is 6. The summed E-state index contributed by atoms with van der Waals surface area (Å²) >= 11 is 6.69. The van der Waals surface area contributed by atoms with E-state index in [0.717, 1.165) is 17.9 Å². The Balaban J connectivity index is 1.87. The first-order valence-corrected chi connectivity index (χ1v) is 8.70. The molecule has 7 heteroatoms. The van der Waals surface area contributed by atoms with Crippen molar-refractivity contribution in [2.75, 3.05) is 13.2 Å². The van der Waals surface area contributed by atoms with Gasteiger partial charge in [-0.1, -0.05) is 18.3 Å². The molecular weight excluding hydrogens is 332 g/mol. The third-order valence-electron chi connectivity index (χ3n) is 3.73. The van der Waals surface area contributed by atoms with E-state index < -0.39 is 0 Å². The smallest absolute Gasteiger partial charge is 0.212 e. The number of aromatic hydroxyl groups is 1. The molecule has 0 amide bonds. The van der Waals surface area contributed by atoms with Crippen LogP contribution in [0.4, 0.5) is 5.69 Å². The van der Waals surface area contributed by atoms with Gasteiger partial charge in [0, 0.05) is 12.1 Å². The van der Waals surface area contributed by atoms with Gasteiger partial charge in [-0.3, -0.25) is 9.56 Å². The lowest BCUT2D eigenvalue weighted by Gasteiger charge is -2.18. The number of thiazole rings is 1. The number of fused-ring (bicyclic) bond motifs is 1. The molecule has 3 rings (SSSR count). The van der Waals surface area contributed by atoms with Gasteiger partial charge < -0.3 is 14.6 Å². The highest BCUT2D eigenvalue weighted by atomic mass is 32.1. The molecule has 0 radical (unpaired) electrons. The molecule has 1 atom stereocenters. The van der Waals surface area contributed by atoms with Gasteiger partial charge in [-0.25, -0.2) is 0 Å². The second-order valence-corrected chi connectivity index (χ2v) is 6.95. The van der Waals surface area contributed by atoms with Crippen LogP contribution in [0.1, 0.15) is 31.2 Å². The third kappa shape index (κ3) is 3.25. The van der Waals surface area contributed by atoms with E-state index in [2.05, 4.69) is 11.9 Å². The van der Waals surface area contributed by atoms with E-state index in [1.54, 1.807) is 10.8 Å². The van der Waals surface area contributed by atoms with E-state index in [4.69, 9.17) is 21.7 Å². The highest BCUT2D eigenvalue weighted by Crippen LogP contribution is 2.34. The van der Waals surface area contributed by atoms with Gasteiger partial charge in [-0.15, -0.1) is 0 Å². The third-order valence-corrected chi connectivity index (χ3v) is 5.06. The average Bonchev–Trinajstić information content (AvgIpc) is 2.86. The molecule has 1 N–H and O–H groups in total. The molecule has 1 unspecified atom stereocenters. The Morgan fingerprint density at radius 3 is 2.87 bits per heavy atom. The van der Waals surface area contributed by atoms with Crippen molar-refractivity contribution >= 4 is 35.5 Å². The van der Waals surface area contributed by atoms with Crippen LogP contribution >= 0.6 is 23.6 Å². The maximum atomic E-state index is 10.4. The predicted octanol–water partition coefficient (Wildman–Crippen LogP) is 4.48. The van der Waals surface area contributed by atoms with Crippen LogP contribution < -0.4 is 9.47 Å². The van der Waals surface area contributed by atoms with E-state index in [0.29, 0.717) is 27.8 Å². The summed E-state index contributed by atoms with van der Waals surface area (Å²) in [6.45, 7) is 5.20. The fraction of sp³-hybridized carbons (Fsp3) is 0.375. The van der Waals surface area contributed by atoms with Gasteiger partial charge in [-0.2, -0.15) is 0 Å². The number of aliphatic imine (C=N–C) groups is 1. The fourth-order valence-electron chi connectivity index (χ4n) is 2.29. The summed E-state index contributed by atoms with van der Waals surface area (Å²) in [5.74, 6) is 1.60. The highest BCUT2D eigenvalue weighted by molar-refractivity contribution is 7.73. The number of rotatable bonds is 4. The number of ether oxygens (including phenoxy) is 2. The Morgan fingerprint density at radius 2 is 2.13 bits per heavy atom. The number of nitrogens with zero attached hydrogens (tertiary/aromatic N) is 2. The first kappa shape index (κ1) is 16.0. The molecule has 0 bridgehead atoms. The van der Waals surface area contributed by atoms with Crippen molar-refractivity contribution in [1.82, 2.24) is 4.57 Å². The van der Waals surface area contributed by atoms with Gasteiger partial charge >= 0.3 is 0 Å². The predicted molar refractivity (Wildman–Crippen MR) is 94.5 cm³/mol. The van der Waals surface area contributed by atoms with Crippen LogP contribution in [0.25, 0.3) is 0 Å². The van der Waals surface area contributed by atoms with Gasteiger partial charge in [0.25, 0.3) is 0 Å². The fourth-order valence-corrected chi connectivity index (χ4v) is 3.68. The second-order valence-electron chi connectivity index (χ2n) is 5.27. The SMILES string of the molecule is CCC(C)n1c(O)c(C=Nc2ccc3c(c2)OCCO3)sc1=S. The number of benzene rings is 1. The van der Waals surface area contributed by atoms with E-state index >= 15 is 0 Å². The van der Waals surface area contributed by atoms with Gasteiger partial charge in [0.2, 0.25) is 5.88 Å². The van der Waals surface area contributed by atoms with Crippen LogP contribution in [0.2, 0.25) is 0 Å². The number of aromatic nitrogens is 1. The number of hydrogen-bond donors (Lipinski definition) is 1. The molecule has 5 nitrogen and oxygen atoms in total. The minimum absolute atomic E-state index is 0.162. The maximum Gasteiger partial charge on any atom is 0.212 e. The van der Waals surface area contributed by atoms with Crippen molar-refractivity contribution < 1.29 is 14.6 Å². The Kier molecular flexibility index (Phi) is 4.68. The summed E-state index contributed by atoms with van der Waals surface area (Å²) in [4.78, 5) is 5.07. The van der Waals surface area contributed by atoms with Crippen molar-refractivity contribution in [2.45, 2.75) is 26.3 Å². The van der Waals surface area contributed by atoms with Crippen molar-refractivity contribution in [3.8, 4) is 17.4 Å². The molecule has 1 aromatic heterocycles. The Morgan fingerprint density at radius 1 is 1.39 bits per heavy atom. The summed E-state index contributed by atoms with van der Waals surface area (Å²) in [5, 5.41) is 10.4. The van der Waals surface area contributed by atoms with Crippen LogP contribution in [0, 0.1) is 3.95 Å². The standard InChI is InChI=1S/C16H18N2O3S2/c1-3-10(2)18-15(19)14(23-16(18)22)9-17-11-4-5-12-13(8-11)21-7-6-20-12/h4-5,8-10,19H,3,6-7H2,1-2H3. The van der Waals surface area contributed by atoms with Crippen LogP contribution in [-0.4, -0.2) is 29.1 Å². The van der Waals surface area contributed by atoms with Crippen LogP contribution in [0.5, 0.6) is 17.4 Å². The zero-order valence-corrected chi connectivity index (χ0v) is 14.6. The van der Waals surface area contributed by atoms with Crippen LogP contribution in [0.15, 0.2) is 23.2 Å². The molecule has 2 heterocycles. The molecule has 23 heavy (non-hydrogen) atoms. The summed E-state index contributed by atoms with van der Waals surface area (Å²) in [6, 6.07) is 5.68. The second kappa shape index (κ2) is 6.72. The van der Waals surface area contributed by atoms with Crippen molar-refractivity contribution in [3.63, 3.8) is 0 Å². The lowest BCUT2D eigenvalue weighted by molar-refractivity contribution is 0.171. The molecule has 0 saturated heterocycles. The molecule has 0 spiro atoms. The Hall–Kier alpha value is -1.86. The summed E-state index contributed by atoms with van der Waals surface area (Å²) in [5.41, 5.74) is 0.739. The lowest BCUT2D eigenvalue weighted by Crippen LogP contribution is -2.14. The van der Waals surface area contributed by atoms with E-state index in [1.165, 1.54) is 11.3 Å². The van der Waals surface area contributed by atoms with E-state index in [1.807, 2.05) is 25.1 Å². The molecule has 1 aromatic carbocycles. The van der Waals surface area contributed by atoms with Crippen molar-refractivity contribution in [1.29, 1.82) is 0 Å². The van der Waals surface area contributed by atoms with Crippen LogP contribution in [-0.2, 0) is 0 Å². The van der Waals surface area contributed by atoms with Crippen LogP contribution in [0.3, 0.4) is 0 Å². The first-order chi connectivity index (χ1) is 11.1. The van der Waals surface area contributed by atoms with E-state index in [-0.39, 0.29) is 11.9 Å². The summed E-state index contributed by atoms with van der Waals surface area (Å²) in [7, 11) is 0. The van der Waals surface area contributed by atoms with Gasteiger partial charge in [0.05, 0.1) is 11.9 Å². The lowest BCUT2D eigenvalue weighted by atomic mass is 10.2. The summed E-state index contributed by atoms with van der Waals surface area (Å²) < 4.78 is 13.5. The topological polar surface area (TPSA) is 56.0 Å².